The summed E-state index contributed by atoms with van der Waals surface area (Å²) in [6, 6.07) is 19.7. The van der Waals surface area contributed by atoms with Crippen molar-refractivity contribution in [1.29, 1.82) is 0 Å². The minimum atomic E-state index is -3.87. The monoisotopic (exact) mass is 490 g/mol. The molecular formula is C27H26N2O5S. The molecule has 1 aliphatic heterocycles. The molecule has 0 spiro atoms. The molecule has 0 radical (unpaired) electrons. The maximum atomic E-state index is 13.7. The first-order valence-electron chi connectivity index (χ1n) is 11.4. The Balaban J connectivity index is 1.55. The van der Waals surface area contributed by atoms with Gasteiger partial charge in [-0.1, -0.05) is 47.5 Å². The van der Waals surface area contributed by atoms with Crippen molar-refractivity contribution in [2.45, 2.75) is 31.8 Å². The Morgan fingerprint density at radius 1 is 0.829 bits per heavy atom. The zero-order valence-corrected chi connectivity index (χ0v) is 20.4. The molecule has 0 saturated carbocycles. The maximum absolute atomic E-state index is 13.7. The molecule has 2 heterocycles. The Kier molecular flexibility index (Phi) is 6.08. The molecule has 0 atom stereocenters. The normalized spacial score (nSPS) is 13.3. The van der Waals surface area contributed by atoms with Gasteiger partial charge in [-0.05, 0) is 43.7 Å². The smallest absolute Gasteiger partial charge is 0.252 e. The number of aromatic amines is 1. The van der Waals surface area contributed by atoms with Crippen molar-refractivity contribution in [3.05, 3.63) is 99.3 Å². The van der Waals surface area contributed by atoms with E-state index in [1.54, 1.807) is 36.4 Å². The fourth-order valence-electron chi connectivity index (χ4n) is 4.08. The molecule has 0 bridgehead atoms. The van der Waals surface area contributed by atoms with Crippen LogP contribution in [0.2, 0.25) is 0 Å². The summed E-state index contributed by atoms with van der Waals surface area (Å²) in [6.45, 7) is 4.84. The number of hydrogen-bond acceptors (Lipinski definition) is 5. The molecule has 0 aliphatic carbocycles. The van der Waals surface area contributed by atoms with Gasteiger partial charge >= 0.3 is 0 Å². The van der Waals surface area contributed by atoms with Crippen LogP contribution in [0.25, 0.3) is 10.9 Å². The number of fused-ring (bicyclic) bond motifs is 2. The molecule has 1 aromatic heterocycles. The molecule has 1 aliphatic rings. The highest BCUT2D eigenvalue weighted by atomic mass is 32.2. The number of rotatable bonds is 6. The van der Waals surface area contributed by atoms with Crippen molar-refractivity contribution in [3.8, 4) is 11.5 Å². The largest absolute Gasteiger partial charge is 0.486 e. The van der Waals surface area contributed by atoms with Crippen LogP contribution in [0, 0.1) is 13.8 Å². The second-order valence-corrected chi connectivity index (χ2v) is 10.7. The van der Waals surface area contributed by atoms with Crippen LogP contribution in [0.3, 0.4) is 0 Å². The molecule has 180 valence electrons. The molecular weight excluding hydrogens is 464 g/mol. The van der Waals surface area contributed by atoms with E-state index in [9.17, 15) is 13.2 Å². The summed E-state index contributed by atoms with van der Waals surface area (Å²) < 4.78 is 39.9. The van der Waals surface area contributed by atoms with Crippen LogP contribution >= 0.6 is 0 Å². The SMILES string of the molecule is Cc1ccc(CN(Cc2cc3cc4c(cc3[nH]c2=O)OCCO4)S(=O)(=O)c2ccc(C)cc2)cc1. The minimum absolute atomic E-state index is 0.0796. The van der Waals surface area contributed by atoms with Crippen LogP contribution < -0.4 is 15.0 Å². The Bertz CT molecular complexity index is 1540. The number of aryl methyl sites for hydroxylation is 2. The number of pyridine rings is 1. The highest BCUT2D eigenvalue weighted by molar-refractivity contribution is 7.89. The van der Waals surface area contributed by atoms with E-state index in [4.69, 9.17) is 9.47 Å². The van der Waals surface area contributed by atoms with Gasteiger partial charge in [0.05, 0.1) is 10.4 Å². The van der Waals surface area contributed by atoms with Crippen molar-refractivity contribution >= 4 is 20.9 Å². The molecule has 1 N–H and O–H groups in total. The van der Waals surface area contributed by atoms with Crippen LogP contribution in [-0.2, 0) is 23.1 Å². The number of aromatic nitrogens is 1. The van der Waals surface area contributed by atoms with Gasteiger partial charge in [-0.2, -0.15) is 4.31 Å². The highest BCUT2D eigenvalue weighted by Crippen LogP contribution is 2.34. The molecule has 0 fully saturated rings. The lowest BCUT2D eigenvalue weighted by molar-refractivity contribution is 0.172. The summed E-state index contributed by atoms with van der Waals surface area (Å²) in [7, 11) is -3.87. The van der Waals surface area contributed by atoms with E-state index in [1.165, 1.54) is 4.31 Å². The van der Waals surface area contributed by atoms with E-state index in [0.29, 0.717) is 35.8 Å². The van der Waals surface area contributed by atoms with Crippen LogP contribution in [0.1, 0.15) is 22.3 Å². The van der Waals surface area contributed by atoms with E-state index < -0.39 is 10.0 Å². The van der Waals surface area contributed by atoms with Gasteiger partial charge in [0, 0.05) is 30.1 Å². The predicted octanol–water partition coefficient (Wildman–Crippen LogP) is 4.31. The Hall–Kier alpha value is -3.62. The average Bonchev–Trinajstić information content (AvgIpc) is 2.84. The van der Waals surface area contributed by atoms with Gasteiger partial charge < -0.3 is 14.5 Å². The summed E-state index contributed by atoms with van der Waals surface area (Å²) in [5.74, 6) is 1.18. The second kappa shape index (κ2) is 9.20. The molecule has 5 rings (SSSR count). The van der Waals surface area contributed by atoms with E-state index in [-0.39, 0.29) is 23.5 Å². The zero-order valence-electron chi connectivity index (χ0n) is 19.6. The van der Waals surface area contributed by atoms with Gasteiger partial charge in [-0.15, -0.1) is 0 Å². The van der Waals surface area contributed by atoms with Gasteiger partial charge in [-0.3, -0.25) is 4.79 Å². The summed E-state index contributed by atoms with van der Waals surface area (Å²) in [4.78, 5) is 16.1. The Morgan fingerprint density at radius 3 is 2.09 bits per heavy atom. The molecule has 3 aromatic carbocycles. The van der Waals surface area contributed by atoms with Crippen molar-refractivity contribution in [1.82, 2.24) is 9.29 Å². The van der Waals surface area contributed by atoms with Gasteiger partial charge in [0.2, 0.25) is 10.0 Å². The van der Waals surface area contributed by atoms with Crippen molar-refractivity contribution in [2.24, 2.45) is 0 Å². The second-order valence-electron chi connectivity index (χ2n) is 8.78. The van der Waals surface area contributed by atoms with Crippen molar-refractivity contribution < 1.29 is 17.9 Å². The van der Waals surface area contributed by atoms with E-state index in [2.05, 4.69) is 4.98 Å². The minimum Gasteiger partial charge on any atom is -0.486 e. The Morgan fingerprint density at radius 2 is 1.43 bits per heavy atom. The number of ether oxygens (including phenoxy) is 2. The van der Waals surface area contributed by atoms with E-state index in [1.807, 2.05) is 44.2 Å². The molecule has 35 heavy (non-hydrogen) atoms. The first-order chi connectivity index (χ1) is 16.8. The van der Waals surface area contributed by atoms with Gasteiger partial charge in [0.1, 0.15) is 13.2 Å². The molecule has 0 amide bonds. The van der Waals surface area contributed by atoms with Crippen LogP contribution in [0.15, 0.2) is 76.4 Å². The van der Waals surface area contributed by atoms with Gasteiger partial charge in [0.25, 0.3) is 5.56 Å². The lowest BCUT2D eigenvalue weighted by Crippen LogP contribution is -2.32. The first-order valence-corrected chi connectivity index (χ1v) is 12.8. The van der Waals surface area contributed by atoms with Crippen LogP contribution in [-0.4, -0.2) is 30.9 Å². The van der Waals surface area contributed by atoms with Crippen molar-refractivity contribution in [2.75, 3.05) is 13.2 Å². The lowest BCUT2D eigenvalue weighted by Gasteiger charge is -2.23. The van der Waals surface area contributed by atoms with Gasteiger partial charge in [-0.25, -0.2) is 8.42 Å². The number of H-pyrrole nitrogens is 1. The van der Waals surface area contributed by atoms with Crippen molar-refractivity contribution in [3.63, 3.8) is 0 Å². The van der Waals surface area contributed by atoms with Crippen LogP contribution in [0.5, 0.6) is 11.5 Å². The number of hydrogen-bond donors (Lipinski definition) is 1. The van der Waals surface area contributed by atoms with Gasteiger partial charge in [0.15, 0.2) is 11.5 Å². The average molecular weight is 491 g/mol. The topological polar surface area (TPSA) is 88.7 Å². The molecule has 7 nitrogen and oxygen atoms in total. The lowest BCUT2D eigenvalue weighted by atomic mass is 10.1. The summed E-state index contributed by atoms with van der Waals surface area (Å²) in [5.41, 5.74) is 3.49. The fourth-order valence-corrected chi connectivity index (χ4v) is 5.48. The summed E-state index contributed by atoms with van der Waals surface area (Å²) >= 11 is 0. The fraction of sp³-hybridized carbons (Fsp3) is 0.222. The third kappa shape index (κ3) is 4.80. The maximum Gasteiger partial charge on any atom is 0.252 e. The summed E-state index contributed by atoms with van der Waals surface area (Å²) in [6.07, 6.45) is 0. The number of nitrogens with one attached hydrogen (secondary N) is 1. The first kappa shape index (κ1) is 23.1. The number of nitrogens with zero attached hydrogens (tertiary/aromatic N) is 1. The van der Waals surface area contributed by atoms with E-state index in [0.717, 1.165) is 22.1 Å². The standard InChI is InChI=1S/C27H26N2O5S/c1-18-3-7-20(8-4-18)16-29(35(31,32)23-9-5-19(2)6-10-23)17-22-13-21-14-25-26(34-12-11-33-25)15-24(21)28-27(22)30/h3-10,13-15H,11-12,16-17H2,1-2H3,(H,28,30). The summed E-state index contributed by atoms with van der Waals surface area (Å²) in [5, 5.41) is 0.742. The zero-order chi connectivity index (χ0) is 24.6. The quantitative estimate of drug-likeness (QED) is 0.435. The molecule has 8 heteroatoms. The van der Waals surface area contributed by atoms with E-state index >= 15 is 0 Å². The number of benzene rings is 3. The number of sulfonamides is 1. The highest BCUT2D eigenvalue weighted by Gasteiger charge is 2.26. The Labute approximate surface area is 204 Å². The predicted molar refractivity (Wildman–Crippen MR) is 134 cm³/mol. The molecule has 0 saturated heterocycles. The molecule has 0 unspecified atom stereocenters. The third-order valence-corrected chi connectivity index (χ3v) is 7.87. The molecule has 4 aromatic rings. The third-order valence-electron chi connectivity index (χ3n) is 6.07. The van der Waals surface area contributed by atoms with Crippen LogP contribution in [0.4, 0.5) is 0 Å².